The molecule has 3 rings (SSSR count). The van der Waals surface area contributed by atoms with Crippen molar-refractivity contribution in [2.45, 2.75) is 76.5 Å². The minimum absolute atomic E-state index is 0.0346. The Morgan fingerprint density at radius 2 is 1.66 bits per heavy atom. The first kappa shape index (κ1) is 22.3. The van der Waals surface area contributed by atoms with E-state index < -0.39 is 23.4 Å². The molecule has 1 saturated carbocycles. The predicted molar refractivity (Wildman–Crippen MR) is 104 cm³/mol. The van der Waals surface area contributed by atoms with E-state index >= 15 is 0 Å². The quantitative estimate of drug-likeness (QED) is 0.454. The zero-order valence-electron chi connectivity index (χ0n) is 16.8. The number of benzene rings is 1. The smallest absolute Gasteiger partial charge is 0.378 e. The van der Waals surface area contributed by atoms with Gasteiger partial charge in [0.2, 0.25) is 0 Å². The van der Waals surface area contributed by atoms with Crippen LogP contribution in [0.3, 0.4) is 0 Å². The lowest BCUT2D eigenvalue weighted by atomic mass is 9.75. The van der Waals surface area contributed by atoms with Crippen molar-refractivity contribution in [3.05, 3.63) is 41.0 Å². The second kappa shape index (κ2) is 9.59. The molecule has 2 unspecified atom stereocenters. The Labute approximate surface area is 169 Å². The van der Waals surface area contributed by atoms with Gasteiger partial charge in [0.05, 0.1) is 6.10 Å². The summed E-state index contributed by atoms with van der Waals surface area (Å²) in [6, 6.07) is 2.38. The van der Waals surface area contributed by atoms with Crippen LogP contribution in [0.2, 0.25) is 0 Å². The summed E-state index contributed by atoms with van der Waals surface area (Å²) in [6.45, 7) is 3.03. The van der Waals surface area contributed by atoms with E-state index in [-0.39, 0.29) is 18.1 Å². The van der Waals surface area contributed by atoms with Crippen LogP contribution in [0, 0.1) is 23.5 Å². The average molecular weight is 416 g/mol. The van der Waals surface area contributed by atoms with Crippen LogP contribution in [-0.2, 0) is 4.74 Å². The SMILES string of the molecule is CCCC1CCC(C2CCC(c3cc(F)c(/C=C/C(F)(F)F)c(F)c3)CC2)OC1. The van der Waals surface area contributed by atoms with Crippen LogP contribution >= 0.6 is 0 Å². The molecule has 0 spiro atoms. The number of halogens is 5. The fourth-order valence-corrected chi connectivity index (χ4v) is 4.83. The van der Waals surface area contributed by atoms with Crippen molar-refractivity contribution in [2.24, 2.45) is 11.8 Å². The van der Waals surface area contributed by atoms with Gasteiger partial charge in [0, 0.05) is 18.2 Å². The highest BCUT2D eigenvalue weighted by atomic mass is 19.4. The van der Waals surface area contributed by atoms with E-state index in [1.165, 1.54) is 31.4 Å². The zero-order chi connectivity index (χ0) is 21.0. The van der Waals surface area contributed by atoms with Gasteiger partial charge in [-0.05, 0) is 86.5 Å². The van der Waals surface area contributed by atoms with E-state index in [0.29, 0.717) is 23.5 Å². The highest BCUT2D eigenvalue weighted by molar-refractivity contribution is 5.52. The van der Waals surface area contributed by atoms with Gasteiger partial charge in [-0.15, -0.1) is 0 Å². The van der Waals surface area contributed by atoms with E-state index in [1.54, 1.807) is 0 Å². The summed E-state index contributed by atoms with van der Waals surface area (Å²) in [7, 11) is 0. The molecular weight excluding hydrogens is 387 g/mol. The van der Waals surface area contributed by atoms with Crippen LogP contribution in [0.15, 0.2) is 18.2 Å². The van der Waals surface area contributed by atoms with Crippen molar-refractivity contribution in [1.29, 1.82) is 0 Å². The van der Waals surface area contributed by atoms with Crippen molar-refractivity contribution in [1.82, 2.24) is 0 Å². The Kier molecular flexibility index (Phi) is 7.36. The van der Waals surface area contributed by atoms with Crippen molar-refractivity contribution in [3.63, 3.8) is 0 Å². The monoisotopic (exact) mass is 416 g/mol. The molecule has 0 aromatic heterocycles. The minimum atomic E-state index is -4.60. The second-order valence-corrected chi connectivity index (χ2v) is 8.49. The molecule has 1 nitrogen and oxygen atoms in total. The van der Waals surface area contributed by atoms with Gasteiger partial charge in [-0.25, -0.2) is 8.78 Å². The van der Waals surface area contributed by atoms with Gasteiger partial charge in [0.25, 0.3) is 0 Å². The Balaban J connectivity index is 1.58. The molecule has 2 aliphatic rings. The molecule has 0 radical (unpaired) electrons. The van der Waals surface area contributed by atoms with Gasteiger partial charge in [0.15, 0.2) is 0 Å². The molecule has 1 aromatic carbocycles. The van der Waals surface area contributed by atoms with Gasteiger partial charge in [-0.3, -0.25) is 0 Å². The Morgan fingerprint density at radius 1 is 1.00 bits per heavy atom. The lowest BCUT2D eigenvalue weighted by Gasteiger charge is -2.38. The molecule has 2 fully saturated rings. The maximum Gasteiger partial charge on any atom is 0.409 e. The maximum absolute atomic E-state index is 14.2. The molecule has 0 N–H and O–H groups in total. The fraction of sp³-hybridized carbons (Fsp3) is 0.652. The van der Waals surface area contributed by atoms with Gasteiger partial charge < -0.3 is 4.74 Å². The number of rotatable bonds is 5. The van der Waals surface area contributed by atoms with E-state index in [1.807, 2.05) is 0 Å². The summed E-state index contributed by atoms with van der Waals surface area (Å²) in [6.07, 6.45) is 4.23. The predicted octanol–water partition coefficient (Wildman–Crippen LogP) is 7.41. The van der Waals surface area contributed by atoms with Crippen LogP contribution in [0.5, 0.6) is 0 Å². The Morgan fingerprint density at radius 3 is 2.17 bits per heavy atom. The minimum Gasteiger partial charge on any atom is -0.378 e. The van der Waals surface area contributed by atoms with E-state index in [0.717, 1.165) is 38.7 Å². The molecule has 1 saturated heterocycles. The molecule has 2 atom stereocenters. The standard InChI is InChI=1S/C23H29F5O/c1-2-3-15-4-9-22(29-14-15)17-7-5-16(6-8-17)18-12-20(24)19(21(25)13-18)10-11-23(26,27)28/h10-13,15-17,22H,2-9,14H2,1H3/b11-10+. The van der Waals surface area contributed by atoms with E-state index in [4.69, 9.17) is 4.74 Å². The maximum atomic E-state index is 14.2. The first-order valence-electron chi connectivity index (χ1n) is 10.6. The molecule has 0 amide bonds. The largest absolute Gasteiger partial charge is 0.409 e. The van der Waals surface area contributed by atoms with Crippen LogP contribution in [0.4, 0.5) is 22.0 Å². The summed E-state index contributed by atoms with van der Waals surface area (Å²) in [5, 5.41) is 0. The molecule has 1 aliphatic carbocycles. The van der Waals surface area contributed by atoms with Crippen LogP contribution in [0.25, 0.3) is 6.08 Å². The lowest BCUT2D eigenvalue weighted by molar-refractivity contribution is -0.0790. The van der Waals surface area contributed by atoms with E-state index in [2.05, 4.69) is 6.92 Å². The third-order valence-corrected chi connectivity index (χ3v) is 6.41. The Hall–Kier alpha value is -1.43. The van der Waals surface area contributed by atoms with Gasteiger partial charge in [0.1, 0.15) is 11.6 Å². The molecular formula is C23H29F5O. The normalized spacial score (nSPS) is 28.8. The second-order valence-electron chi connectivity index (χ2n) is 8.49. The van der Waals surface area contributed by atoms with Crippen molar-refractivity contribution in [2.75, 3.05) is 6.61 Å². The lowest BCUT2D eigenvalue weighted by Crippen LogP contribution is -2.34. The first-order valence-corrected chi connectivity index (χ1v) is 10.6. The van der Waals surface area contributed by atoms with E-state index in [9.17, 15) is 22.0 Å². The van der Waals surface area contributed by atoms with Crippen molar-refractivity contribution >= 4 is 6.08 Å². The molecule has 29 heavy (non-hydrogen) atoms. The third kappa shape index (κ3) is 6.03. The highest BCUT2D eigenvalue weighted by Gasteiger charge is 2.32. The van der Waals surface area contributed by atoms with Crippen LogP contribution < -0.4 is 0 Å². The van der Waals surface area contributed by atoms with Gasteiger partial charge >= 0.3 is 6.18 Å². The van der Waals surface area contributed by atoms with Gasteiger partial charge in [-0.1, -0.05) is 13.3 Å². The number of hydrogen-bond donors (Lipinski definition) is 0. The highest BCUT2D eigenvalue weighted by Crippen LogP contribution is 2.41. The molecule has 6 heteroatoms. The van der Waals surface area contributed by atoms with Crippen molar-refractivity contribution in [3.8, 4) is 0 Å². The fourth-order valence-electron chi connectivity index (χ4n) is 4.83. The molecule has 162 valence electrons. The average Bonchev–Trinajstić information content (AvgIpc) is 2.67. The number of hydrogen-bond acceptors (Lipinski definition) is 1. The van der Waals surface area contributed by atoms with Crippen LogP contribution in [0.1, 0.15) is 75.3 Å². The topological polar surface area (TPSA) is 9.23 Å². The summed E-state index contributed by atoms with van der Waals surface area (Å²) in [5.41, 5.74) is -0.104. The molecule has 1 aliphatic heterocycles. The zero-order valence-corrected chi connectivity index (χ0v) is 16.8. The molecule has 0 bridgehead atoms. The van der Waals surface area contributed by atoms with Gasteiger partial charge in [-0.2, -0.15) is 13.2 Å². The van der Waals surface area contributed by atoms with Crippen LogP contribution in [-0.4, -0.2) is 18.9 Å². The number of alkyl halides is 3. The third-order valence-electron chi connectivity index (χ3n) is 6.41. The summed E-state index contributed by atoms with van der Waals surface area (Å²) in [5.74, 6) is -0.700. The Bertz CT molecular complexity index is 673. The summed E-state index contributed by atoms with van der Waals surface area (Å²) in [4.78, 5) is 0. The van der Waals surface area contributed by atoms with Crippen molar-refractivity contribution < 1.29 is 26.7 Å². The molecule has 1 aromatic rings. The first-order chi connectivity index (χ1) is 13.8. The summed E-state index contributed by atoms with van der Waals surface area (Å²) >= 11 is 0. The molecule has 1 heterocycles. The number of allylic oxidation sites excluding steroid dienone is 1. The summed E-state index contributed by atoms with van der Waals surface area (Å²) < 4.78 is 71.4. The number of ether oxygens (including phenoxy) is 1.